The number of allylic oxidation sites excluding steroid dienone is 1. The Morgan fingerprint density at radius 3 is 1.74 bits per heavy atom. The Bertz CT molecular complexity index is 1990. The van der Waals surface area contributed by atoms with Gasteiger partial charge < -0.3 is 0 Å². The first-order chi connectivity index (χ1) is 18.6. The third-order valence-electron chi connectivity index (χ3n) is 7.46. The van der Waals surface area contributed by atoms with E-state index in [0.717, 1.165) is 5.57 Å². The zero-order chi connectivity index (χ0) is 25.6. The minimum Gasteiger partial charge on any atom is -0.135 e. The summed E-state index contributed by atoms with van der Waals surface area (Å²) < 4.78 is 2.69. The molecule has 0 aliphatic heterocycles. The van der Waals surface area contributed by atoms with Crippen molar-refractivity contribution in [1.82, 2.24) is 0 Å². The summed E-state index contributed by atoms with van der Waals surface area (Å²) in [6, 6.07) is 46.6. The van der Waals surface area contributed by atoms with E-state index in [4.69, 9.17) is 0 Å². The molecule has 0 N–H and O–H groups in total. The summed E-state index contributed by atoms with van der Waals surface area (Å²) in [6.45, 7) is 6.13. The van der Waals surface area contributed by atoms with Crippen LogP contribution in [0.4, 0.5) is 0 Å². The van der Waals surface area contributed by atoms with Crippen molar-refractivity contribution in [2.45, 2.75) is 6.92 Å². The minimum absolute atomic E-state index is 1.09. The third-order valence-corrected chi connectivity index (χ3v) is 8.61. The number of hydrogen-bond donors (Lipinski definition) is 0. The Morgan fingerprint density at radius 1 is 0.474 bits per heavy atom. The second-order valence-corrected chi connectivity index (χ2v) is 11.1. The summed E-state index contributed by atoms with van der Waals surface area (Å²) >= 11 is 1.87. The van der Waals surface area contributed by atoms with Gasteiger partial charge in [0.1, 0.15) is 0 Å². The molecule has 0 saturated heterocycles. The highest BCUT2D eigenvalue weighted by molar-refractivity contribution is 7.25. The van der Waals surface area contributed by atoms with Gasteiger partial charge in [0.25, 0.3) is 0 Å². The van der Waals surface area contributed by atoms with Crippen molar-refractivity contribution in [3.63, 3.8) is 0 Å². The van der Waals surface area contributed by atoms with Crippen LogP contribution >= 0.6 is 11.3 Å². The van der Waals surface area contributed by atoms with Gasteiger partial charge in [0.2, 0.25) is 0 Å². The standard InChI is InChI=1S/C37H26S/c1-24(2)27-6-5-7-28(20-27)25-10-12-26(13-11-25)29-14-15-31-22-32(17-16-30(31)21-29)33-18-19-37-35(23-33)34-8-3-4-9-36(34)38-37/h3-23H,1H2,2H3. The summed E-state index contributed by atoms with van der Waals surface area (Å²) in [5, 5.41) is 5.20. The van der Waals surface area contributed by atoms with Crippen molar-refractivity contribution in [1.29, 1.82) is 0 Å². The Hall–Kier alpha value is -4.46. The lowest BCUT2D eigenvalue weighted by Gasteiger charge is -2.09. The molecule has 38 heavy (non-hydrogen) atoms. The zero-order valence-electron chi connectivity index (χ0n) is 21.2. The second-order valence-electron chi connectivity index (χ2n) is 10.0. The van der Waals surface area contributed by atoms with Crippen LogP contribution in [0.15, 0.2) is 134 Å². The molecular weight excluding hydrogens is 476 g/mol. The molecule has 0 aliphatic rings. The molecule has 7 aromatic rings. The van der Waals surface area contributed by atoms with Crippen LogP contribution in [0.1, 0.15) is 12.5 Å². The van der Waals surface area contributed by atoms with Crippen LogP contribution < -0.4 is 0 Å². The van der Waals surface area contributed by atoms with E-state index in [9.17, 15) is 0 Å². The molecule has 6 aromatic carbocycles. The minimum atomic E-state index is 1.09. The van der Waals surface area contributed by atoms with Crippen molar-refractivity contribution < 1.29 is 0 Å². The maximum absolute atomic E-state index is 4.08. The van der Waals surface area contributed by atoms with Crippen molar-refractivity contribution in [2.75, 3.05) is 0 Å². The van der Waals surface area contributed by atoms with Crippen molar-refractivity contribution in [3.8, 4) is 33.4 Å². The predicted molar refractivity (Wildman–Crippen MR) is 168 cm³/mol. The van der Waals surface area contributed by atoms with Crippen molar-refractivity contribution in [2.24, 2.45) is 0 Å². The largest absolute Gasteiger partial charge is 0.135 e. The van der Waals surface area contributed by atoms with Gasteiger partial charge in [-0.15, -0.1) is 11.3 Å². The van der Waals surface area contributed by atoms with Crippen molar-refractivity contribution >= 4 is 47.9 Å². The number of thiophene rings is 1. The van der Waals surface area contributed by atoms with Crippen LogP contribution in [0.25, 0.3) is 69.9 Å². The fourth-order valence-corrected chi connectivity index (χ4v) is 6.42. The van der Waals surface area contributed by atoms with E-state index in [0.29, 0.717) is 0 Å². The van der Waals surface area contributed by atoms with Crippen LogP contribution in [0, 0.1) is 0 Å². The van der Waals surface area contributed by atoms with Crippen LogP contribution in [0.3, 0.4) is 0 Å². The highest BCUT2D eigenvalue weighted by atomic mass is 32.1. The molecule has 0 atom stereocenters. The summed E-state index contributed by atoms with van der Waals surface area (Å²) in [4.78, 5) is 0. The summed E-state index contributed by atoms with van der Waals surface area (Å²) in [5.74, 6) is 0. The zero-order valence-corrected chi connectivity index (χ0v) is 22.1. The summed E-state index contributed by atoms with van der Waals surface area (Å²) in [7, 11) is 0. The van der Waals surface area contributed by atoms with E-state index in [1.165, 1.54) is 69.9 Å². The molecule has 7 rings (SSSR count). The Balaban J connectivity index is 1.20. The molecule has 0 amide bonds. The van der Waals surface area contributed by atoms with E-state index < -0.39 is 0 Å². The maximum Gasteiger partial charge on any atom is 0.0355 e. The van der Waals surface area contributed by atoms with E-state index in [1.54, 1.807) is 0 Å². The van der Waals surface area contributed by atoms with Crippen LogP contribution in [-0.4, -0.2) is 0 Å². The van der Waals surface area contributed by atoms with Crippen LogP contribution in [0.2, 0.25) is 0 Å². The van der Waals surface area contributed by atoms with E-state index in [-0.39, 0.29) is 0 Å². The van der Waals surface area contributed by atoms with Gasteiger partial charge in [-0.1, -0.05) is 103 Å². The third kappa shape index (κ3) is 4.02. The number of benzene rings is 6. The van der Waals surface area contributed by atoms with Gasteiger partial charge in [-0.05, 0) is 93.0 Å². The van der Waals surface area contributed by atoms with E-state index >= 15 is 0 Å². The Labute approximate surface area is 227 Å². The first-order valence-corrected chi connectivity index (χ1v) is 13.8. The van der Waals surface area contributed by atoms with Crippen molar-refractivity contribution in [3.05, 3.63) is 140 Å². The van der Waals surface area contributed by atoms with Gasteiger partial charge in [0.05, 0.1) is 0 Å². The molecule has 1 heterocycles. The highest BCUT2D eigenvalue weighted by Crippen LogP contribution is 2.37. The van der Waals surface area contributed by atoms with E-state index in [2.05, 4.69) is 141 Å². The van der Waals surface area contributed by atoms with Gasteiger partial charge in [0.15, 0.2) is 0 Å². The molecule has 0 bridgehead atoms. The summed E-state index contributed by atoms with van der Waals surface area (Å²) in [6.07, 6.45) is 0. The first kappa shape index (κ1) is 22.7. The smallest absolute Gasteiger partial charge is 0.0355 e. The molecule has 180 valence electrons. The number of rotatable bonds is 4. The topological polar surface area (TPSA) is 0 Å². The average molecular weight is 503 g/mol. The molecule has 1 aromatic heterocycles. The highest BCUT2D eigenvalue weighted by Gasteiger charge is 2.08. The molecule has 0 nitrogen and oxygen atoms in total. The number of hydrogen-bond acceptors (Lipinski definition) is 1. The van der Waals surface area contributed by atoms with Gasteiger partial charge >= 0.3 is 0 Å². The van der Waals surface area contributed by atoms with Gasteiger partial charge in [-0.3, -0.25) is 0 Å². The average Bonchev–Trinajstić information content (AvgIpc) is 3.35. The molecule has 0 aliphatic carbocycles. The van der Waals surface area contributed by atoms with Crippen LogP contribution in [-0.2, 0) is 0 Å². The maximum atomic E-state index is 4.08. The van der Waals surface area contributed by atoms with Gasteiger partial charge in [0, 0.05) is 20.2 Å². The second kappa shape index (κ2) is 9.13. The summed E-state index contributed by atoms with van der Waals surface area (Å²) in [5.41, 5.74) is 9.69. The lowest BCUT2D eigenvalue weighted by molar-refractivity contribution is 1.55. The molecule has 0 saturated carbocycles. The normalized spacial score (nSPS) is 11.4. The molecular formula is C37H26S. The fraction of sp³-hybridized carbons (Fsp3) is 0.0270. The van der Waals surface area contributed by atoms with Gasteiger partial charge in [-0.2, -0.15) is 0 Å². The Morgan fingerprint density at radius 2 is 1.03 bits per heavy atom. The SMILES string of the molecule is C=C(C)c1cccc(-c2ccc(-c3ccc4cc(-c5ccc6sc7ccccc7c6c5)ccc4c3)cc2)c1. The number of fused-ring (bicyclic) bond motifs is 4. The monoisotopic (exact) mass is 502 g/mol. The predicted octanol–water partition coefficient (Wildman–Crippen LogP) is 11.2. The Kier molecular flexibility index (Phi) is 5.46. The molecule has 1 heteroatoms. The fourth-order valence-electron chi connectivity index (χ4n) is 5.33. The molecule has 0 spiro atoms. The quantitative estimate of drug-likeness (QED) is 0.224. The van der Waals surface area contributed by atoms with Gasteiger partial charge in [-0.25, -0.2) is 0 Å². The lowest BCUT2D eigenvalue weighted by Crippen LogP contribution is -1.84. The lowest BCUT2D eigenvalue weighted by atomic mass is 9.95. The molecule has 0 fully saturated rings. The molecule has 0 radical (unpaired) electrons. The van der Waals surface area contributed by atoms with Crippen LogP contribution in [0.5, 0.6) is 0 Å². The van der Waals surface area contributed by atoms with E-state index in [1.807, 2.05) is 11.3 Å². The molecule has 0 unspecified atom stereocenters. The first-order valence-electron chi connectivity index (χ1n) is 12.9.